The summed E-state index contributed by atoms with van der Waals surface area (Å²) in [6.45, 7) is 1.74. The molecule has 0 radical (unpaired) electrons. The molecule has 2 aliphatic rings. The second kappa shape index (κ2) is 8.56. The average Bonchev–Trinajstić information content (AvgIpc) is 2.45. The van der Waals surface area contributed by atoms with Gasteiger partial charge in [-0.2, -0.15) is 0 Å². The molecule has 0 aromatic carbocycles. The second-order valence-electron chi connectivity index (χ2n) is 5.79. The second-order valence-corrected chi connectivity index (χ2v) is 5.79. The van der Waals surface area contributed by atoms with E-state index in [1.54, 1.807) is 0 Å². The zero-order chi connectivity index (χ0) is 12.5. The fourth-order valence-corrected chi connectivity index (χ4v) is 3.13. The van der Waals surface area contributed by atoms with Crippen molar-refractivity contribution in [2.24, 2.45) is 0 Å². The third-order valence-electron chi connectivity index (χ3n) is 4.29. The van der Waals surface area contributed by atoms with Gasteiger partial charge in [0.25, 0.3) is 0 Å². The summed E-state index contributed by atoms with van der Waals surface area (Å²) in [6, 6.07) is 1.47. The summed E-state index contributed by atoms with van der Waals surface area (Å²) in [7, 11) is 0. The molecule has 0 saturated heterocycles. The van der Waals surface area contributed by atoms with E-state index in [1.165, 1.54) is 64.2 Å². The minimum atomic E-state index is 0.736. The van der Waals surface area contributed by atoms with Gasteiger partial charge in [0.05, 0.1) is 13.1 Å². The molecule has 0 aromatic rings. The summed E-state index contributed by atoms with van der Waals surface area (Å²) in [6.07, 6.45) is 13.8. The van der Waals surface area contributed by atoms with Gasteiger partial charge >= 0.3 is 0 Å². The molecule has 0 heterocycles. The Morgan fingerprint density at radius 1 is 0.611 bits per heavy atom. The van der Waals surface area contributed by atoms with Crippen LogP contribution in [0.4, 0.5) is 0 Å². The van der Waals surface area contributed by atoms with Crippen LogP contribution in [0.15, 0.2) is 0 Å². The SMILES string of the molecule is C(#CCNC1CCCCC1)CNC1CCCCC1. The fourth-order valence-electron chi connectivity index (χ4n) is 3.13. The third-order valence-corrected chi connectivity index (χ3v) is 4.29. The lowest BCUT2D eigenvalue weighted by molar-refractivity contribution is 0.385. The van der Waals surface area contributed by atoms with E-state index in [0.717, 1.165) is 25.2 Å². The Kier molecular flexibility index (Phi) is 6.61. The van der Waals surface area contributed by atoms with E-state index in [9.17, 15) is 0 Å². The predicted octanol–water partition coefficient (Wildman–Crippen LogP) is 2.83. The quantitative estimate of drug-likeness (QED) is 0.748. The van der Waals surface area contributed by atoms with Crippen molar-refractivity contribution in [3.8, 4) is 11.8 Å². The maximum atomic E-state index is 3.56. The predicted molar refractivity (Wildman–Crippen MR) is 77.5 cm³/mol. The summed E-state index contributed by atoms with van der Waals surface area (Å²) >= 11 is 0. The van der Waals surface area contributed by atoms with Crippen LogP contribution in [0.1, 0.15) is 64.2 Å². The summed E-state index contributed by atoms with van der Waals surface area (Å²) in [4.78, 5) is 0. The van der Waals surface area contributed by atoms with Crippen molar-refractivity contribution in [2.75, 3.05) is 13.1 Å². The molecule has 0 amide bonds. The van der Waals surface area contributed by atoms with Crippen molar-refractivity contribution in [2.45, 2.75) is 76.3 Å². The van der Waals surface area contributed by atoms with Crippen molar-refractivity contribution in [3.63, 3.8) is 0 Å². The molecule has 0 unspecified atom stereocenters. The zero-order valence-electron chi connectivity index (χ0n) is 11.6. The molecule has 0 spiro atoms. The molecule has 0 aliphatic heterocycles. The van der Waals surface area contributed by atoms with Gasteiger partial charge in [0.2, 0.25) is 0 Å². The minimum Gasteiger partial charge on any atom is -0.303 e. The van der Waals surface area contributed by atoms with Crippen LogP contribution in [-0.2, 0) is 0 Å². The highest BCUT2D eigenvalue weighted by Gasteiger charge is 2.12. The molecule has 0 atom stereocenters. The molecule has 2 aliphatic carbocycles. The van der Waals surface area contributed by atoms with Gasteiger partial charge in [-0.15, -0.1) is 0 Å². The normalized spacial score (nSPS) is 22.4. The highest BCUT2D eigenvalue weighted by molar-refractivity contribution is 5.03. The van der Waals surface area contributed by atoms with Gasteiger partial charge in [-0.25, -0.2) is 0 Å². The number of rotatable bonds is 4. The lowest BCUT2D eigenvalue weighted by atomic mass is 9.95. The average molecular weight is 248 g/mol. The molecule has 2 nitrogen and oxygen atoms in total. The van der Waals surface area contributed by atoms with Crippen molar-refractivity contribution in [1.82, 2.24) is 10.6 Å². The maximum absolute atomic E-state index is 3.56. The van der Waals surface area contributed by atoms with Crippen LogP contribution in [0.3, 0.4) is 0 Å². The topological polar surface area (TPSA) is 24.1 Å². The molecule has 2 fully saturated rings. The van der Waals surface area contributed by atoms with Crippen molar-refractivity contribution in [1.29, 1.82) is 0 Å². The van der Waals surface area contributed by atoms with Gasteiger partial charge in [-0.1, -0.05) is 50.4 Å². The van der Waals surface area contributed by atoms with Crippen LogP contribution in [0.2, 0.25) is 0 Å². The van der Waals surface area contributed by atoms with Gasteiger partial charge in [0.15, 0.2) is 0 Å². The van der Waals surface area contributed by atoms with Gasteiger partial charge in [-0.3, -0.25) is 0 Å². The zero-order valence-corrected chi connectivity index (χ0v) is 11.6. The molecular weight excluding hydrogens is 220 g/mol. The van der Waals surface area contributed by atoms with Crippen LogP contribution >= 0.6 is 0 Å². The fraction of sp³-hybridized carbons (Fsp3) is 0.875. The highest BCUT2D eigenvalue weighted by Crippen LogP contribution is 2.17. The molecule has 0 aromatic heterocycles. The Balaban J connectivity index is 1.49. The van der Waals surface area contributed by atoms with E-state index in [2.05, 4.69) is 22.5 Å². The Labute approximate surface area is 112 Å². The van der Waals surface area contributed by atoms with E-state index in [4.69, 9.17) is 0 Å². The van der Waals surface area contributed by atoms with Gasteiger partial charge in [0.1, 0.15) is 0 Å². The summed E-state index contributed by atoms with van der Waals surface area (Å²) < 4.78 is 0. The van der Waals surface area contributed by atoms with E-state index in [-0.39, 0.29) is 0 Å². The van der Waals surface area contributed by atoms with Crippen LogP contribution < -0.4 is 10.6 Å². The van der Waals surface area contributed by atoms with E-state index in [1.807, 2.05) is 0 Å². The Hall–Kier alpha value is -0.520. The molecule has 102 valence electrons. The van der Waals surface area contributed by atoms with E-state index in [0.29, 0.717) is 0 Å². The summed E-state index contributed by atoms with van der Waals surface area (Å²) in [5, 5.41) is 7.12. The van der Waals surface area contributed by atoms with Crippen LogP contribution in [0.5, 0.6) is 0 Å². The van der Waals surface area contributed by atoms with Gasteiger partial charge in [-0.05, 0) is 25.7 Å². The Morgan fingerprint density at radius 3 is 1.39 bits per heavy atom. The highest BCUT2D eigenvalue weighted by atomic mass is 14.9. The third kappa shape index (κ3) is 5.42. The molecule has 0 bridgehead atoms. The molecule has 2 heteroatoms. The first kappa shape index (κ1) is 13.9. The molecule has 2 N–H and O–H groups in total. The Bertz CT molecular complexity index is 239. The van der Waals surface area contributed by atoms with E-state index >= 15 is 0 Å². The lowest BCUT2D eigenvalue weighted by Gasteiger charge is -2.22. The lowest BCUT2D eigenvalue weighted by Crippen LogP contribution is -2.32. The number of hydrogen-bond acceptors (Lipinski definition) is 2. The van der Waals surface area contributed by atoms with Gasteiger partial charge in [0, 0.05) is 12.1 Å². The molecule has 18 heavy (non-hydrogen) atoms. The molecule has 2 rings (SSSR count). The minimum absolute atomic E-state index is 0.736. The monoisotopic (exact) mass is 248 g/mol. The molecular formula is C16H28N2. The summed E-state index contributed by atoms with van der Waals surface area (Å²) in [5.74, 6) is 6.50. The van der Waals surface area contributed by atoms with Crippen LogP contribution in [0.25, 0.3) is 0 Å². The largest absolute Gasteiger partial charge is 0.303 e. The van der Waals surface area contributed by atoms with Crippen molar-refractivity contribution >= 4 is 0 Å². The first-order chi connectivity index (χ1) is 8.95. The van der Waals surface area contributed by atoms with E-state index < -0.39 is 0 Å². The standard InChI is InChI=1S/C16H28N2/c1-3-9-15(10-4-1)17-13-7-8-14-18-16-11-5-2-6-12-16/h15-18H,1-6,9-14H2. The first-order valence-electron chi connectivity index (χ1n) is 7.87. The summed E-state index contributed by atoms with van der Waals surface area (Å²) in [5.41, 5.74) is 0. The van der Waals surface area contributed by atoms with Gasteiger partial charge < -0.3 is 10.6 Å². The number of hydrogen-bond donors (Lipinski definition) is 2. The van der Waals surface area contributed by atoms with Crippen molar-refractivity contribution < 1.29 is 0 Å². The van der Waals surface area contributed by atoms with Crippen LogP contribution in [0, 0.1) is 11.8 Å². The Morgan fingerprint density at radius 2 is 1.00 bits per heavy atom. The first-order valence-corrected chi connectivity index (χ1v) is 7.87. The van der Waals surface area contributed by atoms with Crippen LogP contribution in [-0.4, -0.2) is 25.2 Å². The number of nitrogens with one attached hydrogen (secondary N) is 2. The molecule has 2 saturated carbocycles. The smallest absolute Gasteiger partial charge is 0.0579 e. The van der Waals surface area contributed by atoms with Crippen molar-refractivity contribution in [3.05, 3.63) is 0 Å². The maximum Gasteiger partial charge on any atom is 0.0579 e.